The second kappa shape index (κ2) is 5.41. The highest BCUT2D eigenvalue weighted by molar-refractivity contribution is 6.33. The minimum atomic E-state index is -0.892. The van der Waals surface area contributed by atoms with Crippen molar-refractivity contribution in [3.63, 3.8) is 0 Å². The zero-order valence-electron chi connectivity index (χ0n) is 11.3. The van der Waals surface area contributed by atoms with E-state index in [2.05, 4.69) is 19.2 Å². The fraction of sp³-hybridized carbons (Fsp3) is 0.533. The first-order chi connectivity index (χ1) is 8.94. The maximum Gasteiger partial charge on any atom is 0.329 e. The molecule has 0 aliphatic heterocycles. The third-order valence-electron chi connectivity index (χ3n) is 4.33. The number of rotatable bonds is 3. The van der Waals surface area contributed by atoms with E-state index in [9.17, 15) is 9.90 Å². The molecule has 1 fully saturated rings. The number of carboxylic acids is 1. The minimum Gasteiger partial charge on any atom is -0.480 e. The Morgan fingerprint density at radius 3 is 2.63 bits per heavy atom. The molecule has 1 saturated carbocycles. The van der Waals surface area contributed by atoms with E-state index in [0.29, 0.717) is 35.4 Å². The maximum atomic E-state index is 11.7. The van der Waals surface area contributed by atoms with Crippen LogP contribution in [0.3, 0.4) is 0 Å². The molecule has 104 valence electrons. The molecule has 0 aromatic heterocycles. The fourth-order valence-corrected chi connectivity index (χ4v) is 2.98. The molecular weight excluding hydrogens is 262 g/mol. The lowest BCUT2D eigenvalue weighted by atomic mass is 9.71. The fourth-order valence-electron chi connectivity index (χ4n) is 2.79. The number of carboxylic acid groups (broad SMARTS) is 1. The summed E-state index contributed by atoms with van der Waals surface area (Å²) < 4.78 is 0. The Balaban J connectivity index is 2.26. The van der Waals surface area contributed by atoms with Crippen LogP contribution in [0.25, 0.3) is 0 Å². The van der Waals surface area contributed by atoms with Gasteiger partial charge in [0.05, 0.1) is 10.7 Å². The highest BCUT2D eigenvalue weighted by Gasteiger charge is 2.44. The van der Waals surface area contributed by atoms with E-state index in [4.69, 9.17) is 11.6 Å². The zero-order valence-corrected chi connectivity index (χ0v) is 12.1. The molecule has 3 unspecified atom stereocenters. The van der Waals surface area contributed by atoms with Gasteiger partial charge in [-0.3, -0.25) is 0 Å². The highest BCUT2D eigenvalue weighted by atomic mass is 35.5. The number of hydrogen-bond acceptors (Lipinski definition) is 2. The summed E-state index contributed by atoms with van der Waals surface area (Å²) >= 11 is 6.12. The second-order valence-electron chi connectivity index (χ2n) is 5.69. The molecule has 1 aliphatic rings. The van der Waals surface area contributed by atoms with Crippen molar-refractivity contribution in [2.45, 2.75) is 38.6 Å². The number of carbonyl (C=O) groups is 1. The lowest BCUT2D eigenvalue weighted by molar-refractivity contribution is -0.144. The van der Waals surface area contributed by atoms with Crippen LogP contribution in [0, 0.1) is 11.8 Å². The van der Waals surface area contributed by atoms with Gasteiger partial charge in [-0.25, -0.2) is 4.79 Å². The summed E-state index contributed by atoms with van der Waals surface area (Å²) in [7, 11) is 0. The number of anilines is 1. The van der Waals surface area contributed by atoms with Crippen LogP contribution in [0.1, 0.15) is 33.1 Å². The first-order valence-corrected chi connectivity index (χ1v) is 7.08. The third kappa shape index (κ3) is 2.86. The molecule has 0 radical (unpaired) electrons. The van der Waals surface area contributed by atoms with Crippen molar-refractivity contribution in [1.29, 1.82) is 0 Å². The van der Waals surface area contributed by atoms with Gasteiger partial charge in [0.25, 0.3) is 0 Å². The van der Waals surface area contributed by atoms with E-state index in [-0.39, 0.29) is 0 Å². The topological polar surface area (TPSA) is 49.3 Å². The Bertz CT molecular complexity index is 477. The lowest BCUT2D eigenvalue weighted by Gasteiger charge is -2.41. The van der Waals surface area contributed by atoms with E-state index < -0.39 is 11.5 Å². The van der Waals surface area contributed by atoms with Gasteiger partial charge in [-0.1, -0.05) is 37.6 Å². The van der Waals surface area contributed by atoms with Gasteiger partial charge in [0.2, 0.25) is 0 Å². The van der Waals surface area contributed by atoms with Crippen molar-refractivity contribution in [2.75, 3.05) is 5.32 Å². The SMILES string of the molecule is CC1CCC(Nc2ccccc2Cl)(C(=O)O)CC1C. The standard InChI is InChI=1S/C15H20ClNO2/c1-10-7-8-15(14(18)19,9-11(10)2)17-13-6-4-3-5-12(13)16/h3-6,10-11,17H,7-9H2,1-2H3,(H,18,19). The van der Waals surface area contributed by atoms with Gasteiger partial charge in [-0.15, -0.1) is 0 Å². The summed E-state index contributed by atoms with van der Waals surface area (Å²) in [6, 6.07) is 7.30. The third-order valence-corrected chi connectivity index (χ3v) is 4.66. The lowest BCUT2D eigenvalue weighted by Crippen LogP contribution is -2.51. The van der Waals surface area contributed by atoms with Gasteiger partial charge < -0.3 is 10.4 Å². The summed E-state index contributed by atoms with van der Waals surface area (Å²) in [4.78, 5) is 11.7. The average Bonchev–Trinajstić information content (AvgIpc) is 2.36. The van der Waals surface area contributed by atoms with Crippen LogP contribution in [0.2, 0.25) is 5.02 Å². The van der Waals surface area contributed by atoms with E-state index in [1.54, 1.807) is 6.07 Å². The molecule has 2 rings (SSSR count). The van der Waals surface area contributed by atoms with Crippen molar-refractivity contribution in [3.8, 4) is 0 Å². The molecule has 1 aliphatic carbocycles. The van der Waals surface area contributed by atoms with Gasteiger partial charge in [0, 0.05) is 0 Å². The van der Waals surface area contributed by atoms with Crippen molar-refractivity contribution in [3.05, 3.63) is 29.3 Å². The molecule has 3 nitrogen and oxygen atoms in total. The number of aliphatic carboxylic acids is 1. The number of para-hydroxylation sites is 1. The molecule has 0 saturated heterocycles. The summed E-state index contributed by atoms with van der Waals surface area (Å²) in [5.74, 6) is 0.173. The van der Waals surface area contributed by atoms with Gasteiger partial charge in [0.15, 0.2) is 0 Å². The Labute approximate surface area is 119 Å². The molecule has 19 heavy (non-hydrogen) atoms. The van der Waals surface area contributed by atoms with Crippen LogP contribution in [0.15, 0.2) is 24.3 Å². The van der Waals surface area contributed by atoms with Crippen molar-refractivity contribution in [1.82, 2.24) is 0 Å². The van der Waals surface area contributed by atoms with Crippen molar-refractivity contribution < 1.29 is 9.90 Å². The molecule has 0 amide bonds. The van der Waals surface area contributed by atoms with Gasteiger partial charge >= 0.3 is 5.97 Å². The number of hydrogen-bond donors (Lipinski definition) is 2. The molecule has 1 aromatic rings. The largest absolute Gasteiger partial charge is 0.480 e. The number of halogens is 1. The summed E-state index contributed by atoms with van der Waals surface area (Å²) in [5, 5.41) is 13.4. The quantitative estimate of drug-likeness (QED) is 0.879. The van der Waals surface area contributed by atoms with E-state index in [1.165, 1.54) is 0 Å². The normalized spacial score (nSPS) is 30.9. The highest BCUT2D eigenvalue weighted by Crippen LogP contribution is 2.39. The van der Waals surface area contributed by atoms with Crippen LogP contribution in [-0.2, 0) is 4.79 Å². The second-order valence-corrected chi connectivity index (χ2v) is 6.10. The maximum absolute atomic E-state index is 11.7. The molecule has 4 heteroatoms. The first kappa shape index (κ1) is 14.2. The molecule has 3 atom stereocenters. The van der Waals surface area contributed by atoms with E-state index in [0.717, 1.165) is 6.42 Å². The molecule has 1 aromatic carbocycles. The minimum absolute atomic E-state index is 0.389. The van der Waals surface area contributed by atoms with E-state index >= 15 is 0 Å². The number of nitrogens with one attached hydrogen (secondary N) is 1. The Morgan fingerprint density at radius 1 is 1.37 bits per heavy atom. The van der Waals surface area contributed by atoms with Gasteiger partial charge in [-0.2, -0.15) is 0 Å². The Morgan fingerprint density at radius 2 is 2.05 bits per heavy atom. The van der Waals surface area contributed by atoms with Crippen LogP contribution in [-0.4, -0.2) is 16.6 Å². The molecule has 0 heterocycles. The molecule has 0 spiro atoms. The Hall–Kier alpha value is -1.22. The van der Waals surface area contributed by atoms with Crippen LogP contribution in [0.4, 0.5) is 5.69 Å². The van der Waals surface area contributed by atoms with Crippen LogP contribution < -0.4 is 5.32 Å². The Kier molecular flexibility index (Phi) is 4.04. The molecule has 2 N–H and O–H groups in total. The molecular formula is C15H20ClNO2. The smallest absolute Gasteiger partial charge is 0.329 e. The number of benzene rings is 1. The van der Waals surface area contributed by atoms with Crippen LogP contribution in [0.5, 0.6) is 0 Å². The predicted molar refractivity (Wildman–Crippen MR) is 77.6 cm³/mol. The summed E-state index contributed by atoms with van der Waals surface area (Å²) in [6.45, 7) is 4.31. The van der Waals surface area contributed by atoms with Crippen molar-refractivity contribution in [2.24, 2.45) is 11.8 Å². The average molecular weight is 282 g/mol. The molecule has 0 bridgehead atoms. The predicted octanol–water partition coefficient (Wildman–Crippen LogP) is 4.03. The summed E-state index contributed by atoms with van der Waals surface area (Å²) in [6.07, 6.45) is 2.19. The first-order valence-electron chi connectivity index (χ1n) is 6.71. The van der Waals surface area contributed by atoms with Crippen LogP contribution >= 0.6 is 11.6 Å². The van der Waals surface area contributed by atoms with E-state index in [1.807, 2.05) is 18.2 Å². The summed E-state index contributed by atoms with van der Waals surface area (Å²) in [5.41, 5.74) is -0.190. The zero-order chi connectivity index (χ0) is 14.0. The van der Waals surface area contributed by atoms with Gasteiger partial charge in [-0.05, 0) is 43.2 Å². The monoisotopic (exact) mass is 281 g/mol. The van der Waals surface area contributed by atoms with Crippen molar-refractivity contribution >= 4 is 23.3 Å². The van der Waals surface area contributed by atoms with Gasteiger partial charge in [0.1, 0.15) is 5.54 Å².